The molecule has 0 atom stereocenters. The van der Waals surface area contributed by atoms with E-state index in [4.69, 9.17) is 4.98 Å². The van der Waals surface area contributed by atoms with Crippen LogP contribution in [0.25, 0.3) is 38.5 Å². The van der Waals surface area contributed by atoms with Crippen molar-refractivity contribution in [3.63, 3.8) is 0 Å². The second-order valence-corrected chi connectivity index (χ2v) is 14.3. The number of anilines is 4. The largest absolute Gasteiger partial charge is 1.00 e. The molecule has 0 spiro atoms. The standard InChI is InChI=1S/C34H32N5O6S2.Na/c1-19-15-29(32(47(43,44)45)18-27(19)35-4)36-28-17-31-33(25-10-8-7-9-24(25)28)37-26-12-11-22(38(5)6)16-30(26)39(31)34-20(2)13-23(14-21(34)3)46(40,41)42;/h7-13,15-18H,1-6H3,(H3,35,37,40,41,42,43,44,45);/q-1;+1. The molecule has 0 radical (unpaired) electrons. The van der Waals surface area contributed by atoms with Gasteiger partial charge in [-0.15, -0.1) is 6.07 Å². The molecular formula is C34H32N5NaO6S2. The second kappa shape index (κ2) is 12.9. The Kier molecular flexibility index (Phi) is 9.53. The molecule has 48 heavy (non-hydrogen) atoms. The summed E-state index contributed by atoms with van der Waals surface area (Å²) in [6.45, 7) is 5.28. The van der Waals surface area contributed by atoms with Crippen molar-refractivity contribution in [3.8, 4) is 5.69 Å². The van der Waals surface area contributed by atoms with E-state index in [1.807, 2.05) is 72.1 Å². The average Bonchev–Trinajstić information content (AvgIpc) is 2.99. The summed E-state index contributed by atoms with van der Waals surface area (Å²) in [5, 5.41) is 7.66. The molecule has 0 aliphatic heterocycles. The summed E-state index contributed by atoms with van der Waals surface area (Å²) < 4.78 is 73.3. The van der Waals surface area contributed by atoms with E-state index in [-0.39, 0.29) is 40.1 Å². The van der Waals surface area contributed by atoms with Crippen molar-refractivity contribution >= 4 is 75.8 Å². The third-order valence-electron chi connectivity index (χ3n) is 8.21. The van der Waals surface area contributed by atoms with E-state index in [1.54, 1.807) is 33.9 Å². The van der Waals surface area contributed by atoms with Crippen molar-refractivity contribution in [1.82, 2.24) is 4.98 Å². The van der Waals surface area contributed by atoms with E-state index in [1.165, 1.54) is 12.1 Å². The zero-order chi connectivity index (χ0) is 34.0. The molecule has 0 saturated carbocycles. The Bertz CT molecular complexity index is 2480. The van der Waals surface area contributed by atoms with Crippen LogP contribution in [0.2, 0.25) is 0 Å². The first kappa shape index (κ1) is 35.5. The SMILES string of the molecule is CNc1cc(S(=O)(=O)[O-])c(Nc2cc3c(nc4ccc(N(C)C)cc4[n+]3-c3c(C)[c-]c(S(=O)(=O)O)cc3C)c3ccccc23)cc1C.[Na+]. The van der Waals surface area contributed by atoms with E-state index in [9.17, 15) is 25.9 Å². The number of aryl methyl sites for hydroxylation is 3. The third-order valence-corrected chi connectivity index (χ3v) is 9.86. The van der Waals surface area contributed by atoms with Crippen LogP contribution >= 0.6 is 0 Å². The Morgan fingerprint density at radius 1 is 0.854 bits per heavy atom. The molecule has 242 valence electrons. The van der Waals surface area contributed by atoms with E-state index >= 15 is 0 Å². The number of hydrogen-bond donors (Lipinski definition) is 3. The number of aromatic nitrogens is 2. The molecule has 0 fully saturated rings. The Hall–Kier alpha value is -3.82. The molecule has 1 aromatic heterocycles. The van der Waals surface area contributed by atoms with Crippen molar-refractivity contribution in [2.75, 3.05) is 36.7 Å². The molecule has 14 heteroatoms. The molecule has 0 aliphatic carbocycles. The first-order valence-electron chi connectivity index (χ1n) is 14.5. The van der Waals surface area contributed by atoms with Crippen LogP contribution in [-0.4, -0.2) is 52.1 Å². The van der Waals surface area contributed by atoms with Gasteiger partial charge in [0.1, 0.15) is 26.8 Å². The Balaban J connectivity index is 0.00000451. The second-order valence-electron chi connectivity index (χ2n) is 11.6. The van der Waals surface area contributed by atoms with Crippen LogP contribution in [-0.2, 0) is 20.2 Å². The van der Waals surface area contributed by atoms with Crippen LogP contribution in [0.4, 0.5) is 22.7 Å². The molecule has 3 N–H and O–H groups in total. The summed E-state index contributed by atoms with van der Waals surface area (Å²) >= 11 is 0. The third kappa shape index (κ3) is 6.34. The summed E-state index contributed by atoms with van der Waals surface area (Å²) in [5.74, 6) is 0. The van der Waals surface area contributed by atoms with Crippen LogP contribution in [0.3, 0.4) is 0 Å². The van der Waals surface area contributed by atoms with Gasteiger partial charge in [0.15, 0.2) is 0 Å². The Morgan fingerprint density at radius 3 is 2.15 bits per heavy atom. The summed E-state index contributed by atoms with van der Waals surface area (Å²) in [6, 6.07) is 22.4. The molecule has 1 heterocycles. The molecule has 5 aromatic carbocycles. The predicted molar refractivity (Wildman–Crippen MR) is 183 cm³/mol. The van der Waals surface area contributed by atoms with Gasteiger partial charge in [0, 0.05) is 55.4 Å². The van der Waals surface area contributed by atoms with Crippen LogP contribution in [0.15, 0.2) is 76.5 Å². The number of nitrogens with zero attached hydrogens (tertiary/aromatic N) is 3. The fourth-order valence-corrected chi connectivity index (χ4v) is 7.27. The molecule has 0 amide bonds. The minimum Gasteiger partial charge on any atom is -0.744 e. The Labute approximate surface area is 301 Å². The predicted octanol–water partition coefficient (Wildman–Crippen LogP) is 2.55. The molecule has 0 saturated heterocycles. The number of rotatable bonds is 7. The smallest absolute Gasteiger partial charge is 0.744 e. The quantitative estimate of drug-likeness (QED) is 0.0568. The first-order chi connectivity index (χ1) is 22.1. The minimum atomic E-state index is -4.87. The van der Waals surface area contributed by atoms with Gasteiger partial charge in [-0.1, -0.05) is 49.2 Å². The number of nitrogens with one attached hydrogen (secondary N) is 2. The van der Waals surface area contributed by atoms with Crippen molar-refractivity contribution in [2.24, 2.45) is 0 Å². The van der Waals surface area contributed by atoms with E-state index < -0.39 is 25.1 Å². The molecular weight excluding hydrogens is 662 g/mol. The summed E-state index contributed by atoms with van der Waals surface area (Å²) in [5.41, 5.74) is 7.05. The van der Waals surface area contributed by atoms with Gasteiger partial charge in [-0.3, -0.25) is 4.55 Å². The Morgan fingerprint density at radius 2 is 1.54 bits per heavy atom. The van der Waals surface area contributed by atoms with Gasteiger partial charge in [-0.2, -0.15) is 14.5 Å². The van der Waals surface area contributed by atoms with Crippen molar-refractivity contribution in [1.29, 1.82) is 0 Å². The minimum absolute atomic E-state index is 0. The summed E-state index contributed by atoms with van der Waals surface area (Å²) in [7, 11) is -3.90. The van der Waals surface area contributed by atoms with Gasteiger partial charge in [0.05, 0.1) is 16.3 Å². The zero-order valence-corrected chi connectivity index (χ0v) is 31.1. The normalized spacial score (nSPS) is 11.9. The number of fused-ring (bicyclic) bond motifs is 4. The summed E-state index contributed by atoms with van der Waals surface area (Å²) in [6.07, 6.45) is 0. The van der Waals surface area contributed by atoms with Crippen molar-refractivity contribution in [3.05, 3.63) is 89.5 Å². The monoisotopic (exact) mass is 693 g/mol. The first-order valence-corrected chi connectivity index (χ1v) is 17.4. The van der Waals surface area contributed by atoms with Crippen LogP contribution in [0.5, 0.6) is 0 Å². The van der Waals surface area contributed by atoms with Crippen molar-refractivity contribution < 1.29 is 60.1 Å². The van der Waals surface area contributed by atoms with Gasteiger partial charge >= 0.3 is 29.6 Å². The van der Waals surface area contributed by atoms with Gasteiger partial charge in [0.25, 0.3) is 10.1 Å². The fraction of sp³-hybridized carbons (Fsp3) is 0.176. The van der Waals surface area contributed by atoms with Crippen molar-refractivity contribution in [2.45, 2.75) is 30.6 Å². The maximum Gasteiger partial charge on any atom is 1.00 e. The van der Waals surface area contributed by atoms with E-state index in [2.05, 4.69) is 16.7 Å². The van der Waals surface area contributed by atoms with Gasteiger partial charge in [-0.05, 0) is 41.6 Å². The molecule has 6 aromatic rings. The molecule has 0 unspecified atom stereocenters. The fourth-order valence-electron chi connectivity index (χ4n) is 6.02. The maximum absolute atomic E-state index is 12.4. The zero-order valence-electron chi connectivity index (χ0n) is 27.5. The number of benzene rings is 5. The summed E-state index contributed by atoms with van der Waals surface area (Å²) in [4.78, 5) is 6.29. The number of hydrogen-bond acceptors (Lipinski definition) is 9. The van der Waals surface area contributed by atoms with Gasteiger partial charge in [0.2, 0.25) is 11.0 Å². The topological polar surface area (TPSA) is 156 Å². The molecule has 11 nitrogen and oxygen atoms in total. The van der Waals surface area contributed by atoms with Gasteiger partial charge < -0.3 is 20.1 Å². The maximum atomic E-state index is 12.4. The van der Waals surface area contributed by atoms with Crippen LogP contribution in [0, 0.1) is 26.8 Å². The van der Waals surface area contributed by atoms with Crippen LogP contribution in [0.1, 0.15) is 16.7 Å². The van der Waals surface area contributed by atoms with E-state index in [0.717, 1.165) is 22.0 Å². The molecule has 0 bridgehead atoms. The molecule has 0 aliphatic rings. The van der Waals surface area contributed by atoms with Gasteiger partial charge in [-0.25, -0.2) is 18.0 Å². The average molecular weight is 694 g/mol. The molecule has 6 rings (SSSR count). The van der Waals surface area contributed by atoms with E-state index in [0.29, 0.717) is 50.3 Å². The van der Waals surface area contributed by atoms with Crippen LogP contribution < -0.4 is 49.7 Å².